The van der Waals surface area contributed by atoms with E-state index in [4.69, 9.17) is 9.84 Å². The van der Waals surface area contributed by atoms with Crippen LogP contribution in [-0.4, -0.2) is 29.3 Å². The minimum absolute atomic E-state index is 0.135. The van der Waals surface area contributed by atoms with Gasteiger partial charge in [0.25, 0.3) is 0 Å². The average molecular weight is 217 g/mol. The molecule has 1 amide bonds. The molecule has 0 bridgehead atoms. The summed E-state index contributed by atoms with van der Waals surface area (Å²) in [6.07, 6.45) is -0.709. The number of alkyl carbamates (subject to hydrolysis) is 1. The molecule has 0 aromatic heterocycles. The van der Waals surface area contributed by atoms with E-state index in [9.17, 15) is 9.59 Å². The molecule has 0 radical (unpaired) electrons. The van der Waals surface area contributed by atoms with Crippen molar-refractivity contribution >= 4 is 12.1 Å². The van der Waals surface area contributed by atoms with E-state index in [1.807, 2.05) is 13.8 Å². The van der Waals surface area contributed by atoms with E-state index in [2.05, 4.69) is 5.32 Å². The summed E-state index contributed by atoms with van der Waals surface area (Å²) >= 11 is 0. The monoisotopic (exact) mass is 217 g/mol. The lowest BCUT2D eigenvalue weighted by Gasteiger charge is -2.23. The van der Waals surface area contributed by atoms with Crippen molar-refractivity contribution in [2.45, 2.75) is 39.7 Å². The topological polar surface area (TPSA) is 75.6 Å². The lowest BCUT2D eigenvalue weighted by molar-refractivity contribution is -0.138. The number of nitrogens with one attached hydrogen (secondary N) is 1. The first kappa shape index (κ1) is 13.7. The Morgan fingerprint density at radius 3 is 2.33 bits per heavy atom. The SMILES string of the molecule is CC(C)COC(=O)NC(C)(C)CC(=O)O. The molecule has 0 aliphatic carbocycles. The molecule has 0 aromatic carbocycles. The number of carboxylic acid groups (broad SMARTS) is 1. The molecule has 0 rings (SSSR count). The van der Waals surface area contributed by atoms with Crippen molar-refractivity contribution in [3.8, 4) is 0 Å². The highest BCUT2D eigenvalue weighted by atomic mass is 16.5. The Bertz CT molecular complexity index is 236. The fraction of sp³-hybridized carbons (Fsp3) is 0.800. The quantitative estimate of drug-likeness (QED) is 0.733. The van der Waals surface area contributed by atoms with Crippen molar-refractivity contribution in [2.24, 2.45) is 5.92 Å². The van der Waals surface area contributed by atoms with E-state index in [-0.39, 0.29) is 12.3 Å². The number of aliphatic carboxylic acids is 1. The Hall–Kier alpha value is -1.26. The smallest absolute Gasteiger partial charge is 0.407 e. The van der Waals surface area contributed by atoms with Gasteiger partial charge in [-0.2, -0.15) is 0 Å². The van der Waals surface area contributed by atoms with Crippen LogP contribution >= 0.6 is 0 Å². The Morgan fingerprint density at radius 2 is 1.93 bits per heavy atom. The summed E-state index contributed by atoms with van der Waals surface area (Å²) < 4.78 is 4.88. The molecule has 88 valence electrons. The van der Waals surface area contributed by atoms with Gasteiger partial charge < -0.3 is 15.2 Å². The fourth-order valence-corrected chi connectivity index (χ4v) is 0.977. The summed E-state index contributed by atoms with van der Waals surface area (Å²) in [7, 11) is 0. The van der Waals surface area contributed by atoms with E-state index in [0.29, 0.717) is 6.61 Å². The van der Waals surface area contributed by atoms with Gasteiger partial charge in [-0.1, -0.05) is 13.8 Å². The van der Waals surface area contributed by atoms with E-state index in [1.165, 1.54) is 0 Å². The molecule has 0 aliphatic heterocycles. The molecule has 0 unspecified atom stereocenters. The molecule has 0 heterocycles. The second-order valence-corrected chi connectivity index (χ2v) is 4.57. The molecule has 0 aliphatic rings. The predicted molar refractivity (Wildman–Crippen MR) is 55.7 cm³/mol. The lowest BCUT2D eigenvalue weighted by Crippen LogP contribution is -2.45. The van der Waals surface area contributed by atoms with Crippen LogP contribution in [0.2, 0.25) is 0 Å². The minimum Gasteiger partial charge on any atom is -0.481 e. The normalized spacial score (nSPS) is 11.3. The molecule has 0 aromatic rings. The van der Waals surface area contributed by atoms with E-state index >= 15 is 0 Å². The van der Waals surface area contributed by atoms with Gasteiger partial charge in [0.15, 0.2) is 0 Å². The first-order valence-corrected chi connectivity index (χ1v) is 4.89. The highest BCUT2D eigenvalue weighted by Crippen LogP contribution is 2.08. The van der Waals surface area contributed by atoms with Gasteiger partial charge in [-0.25, -0.2) is 4.79 Å². The fourth-order valence-electron chi connectivity index (χ4n) is 0.977. The van der Waals surface area contributed by atoms with Gasteiger partial charge in [0.2, 0.25) is 0 Å². The van der Waals surface area contributed by atoms with Crippen LogP contribution in [0, 0.1) is 5.92 Å². The molecule has 15 heavy (non-hydrogen) atoms. The zero-order valence-electron chi connectivity index (χ0n) is 9.66. The van der Waals surface area contributed by atoms with Gasteiger partial charge >= 0.3 is 12.1 Å². The van der Waals surface area contributed by atoms with Crippen molar-refractivity contribution in [3.05, 3.63) is 0 Å². The molecule has 0 fully saturated rings. The summed E-state index contributed by atoms with van der Waals surface area (Å²) in [5.74, 6) is -0.692. The number of amides is 1. The van der Waals surface area contributed by atoms with Gasteiger partial charge in [-0.05, 0) is 19.8 Å². The number of rotatable bonds is 5. The first-order valence-electron chi connectivity index (χ1n) is 4.89. The Morgan fingerprint density at radius 1 is 1.40 bits per heavy atom. The van der Waals surface area contributed by atoms with Crippen LogP contribution in [0.15, 0.2) is 0 Å². The number of hydrogen-bond donors (Lipinski definition) is 2. The average Bonchev–Trinajstić information content (AvgIpc) is 1.96. The molecule has 2 N–H and O–H groups in total. The molecule has 0 saturated heterocycles. The highest BCUT2D eigenvalue weighted by molar-refractivity contribution is 5.72. The summed E-state index contributed by atoms with van der Waals surface area (Å²) in [4.78, 5) is 21.7. The summed E-state index contributed by atoms with van der Waals surface area (Å²) in [5, 5.41) is 11.1. The molecule has 0 atom stereocenters. The Kier molecular flexibility index (Phi) is 5.11. The van der Waals surface area contributed by atoms with Gasteiger partial charge in [-0.3, -0.25) is 4.79 Å². The number of hydrogen-bond acceptors (Lipinski definition) is 3. The van der Waals surface area contributed by atoms with Gasteiger partial charge in [0.05, 0.1) is 13.0 Å². The second kappa shape index (κ2) is 5.58. The Balaban J connectivity index is 3.98. The number of carboxylic acids is 1. The van der Waals surface area contributed by atoms with Crippen LogP contribution in [0.5, 0.6) is 0 Å². The third kappa shape index (κ3) is 7.78. The highest BCUT2D eigenvalue weighted by Gasteiger charge is 2.24. The maximum absolute atomic E-state index is 11.2. The zero-order valence-corrected chi connectivity index (χ0v) is 9.66. The first-order chi connectivity index (χ1) is 6.73. The van der Waals surface area contributed by atoms with Crippen LogP contribution in [0.25, 0.3) is 0 Å². The van der Waals surface area contributed by atoms with E-state index in [0.717, 1.165) is 0 Å². The van der Waals surface area contributed by atoms with Crippen molar-refractivity contribution in [1.29, 1.82) is 0 Å². The Labute approximate surface area is 89.8 Å². The minimum atomic E-state index is -0.954. The summed E-state index contributed by atoms with van der Waals surface area (Å²) in [6, 6.07) is 0. The van der Waals surface area contributed by atoms with Crippen molar-refractivity contribution in [2.75, 3.05) is 6.61 Å². The van der Waals surface area contributed by atoms with Crippen molar-refractivity contribution < 1.29 is 19.4 Å². The maximum Gasteiger partial charge on any atom is 0.407 e. The summed E-state index contributed by atoms with van der Waals surface area (Å²) in [6.45, 7) is 7.45. The molecular formula is C10H19NO4. The largest absolute Gasteiger partial charge is 0.481 e. The third-order valence-corrected chi connectivity index (χ3v) is 1.58. The third-order valence-electron chi connectivity index (χ3n) is 1.58. The molecule has 0 saturated carbocycles. The van der Waals surface area contributed by atoms with Crippen LogP contribution in [0.3, 0.4) is 0 Å². The van der Waals surface area contributed by atoms with Crippen molar-refractivity contribution in [1.82, 2.24) is 5.32 Å². The summed E-state index contributed by atoms with van der Waals surface area (Å²) in [5.41, 5.74) is -0.792. The standard InChI is InChI=1S/C10H19NO4/c1-7(2)6-15-9(14)11-10(3,4)5-8(12)13/h7H,5-6H2,1-4H3,(H,11,14)(H,12,13). The van der Waals surface area contributed by atoms with Crippen LogP contribution < -0.4 is 5.32 Å². The second-order valence-electron chi connectivity index (χ2n) is 4.57. The maximum atomic E-state index is 11.2. The number of carbonyl (C=O) groups is 2. The number of ether oxygens (including phenoxy) is 1. The number of carbonyl (C=O) groups excluding carboxylic acids is 1. The lowest BCUT2D eigenvalue weighted by atomic mass is 10.0. The van der Waals surface area contributed by atoms with Crippen LogP contribution in [-0.2, 0) is 9.53 Å². The predicted octanol–water partition coefficient (Wildman–Crippen LogP) is 1.62. The van der Waals surface area contributed by atoms with Crippen LogP contribution in [0.1, 0.15) is 34.1 Å². The van der Waals surface area contributed by atoms with Gasteiger partial charge in [0, 0.05) is 5.54 Å². The van der Waals surface area contributed by atoms with E-state index in [1.54, 1.807) is 13.8 Å². The molecule has 5 nitrogen and oxygen atoms in total. The van der Waals surface area contributed by atoms with Crippen molar-refractivity contribution in [3.63, 3.8) is 0 Å². The van der Waals surface area contributed by atoms with Crippen LogP contribution in [0.4, 0.5) is 4.79 Å². The molecular weight excluding hydrogens is 198 g/mol. The van der Waals surface area contributed by atoms with E-state index < -0.39 is 17.6 Å². The molecule has 0 spiro atoms. The van der Waals surface area contributed by atoms with Gasteiger partial charge in [0.1, 0.15) is 0 Å². The van der Waals surface area contributed by atoms with Gasteiger partial charge in [-0.15, -0.1) is 0 Å². The molecule has 5 heteroatoms. The zero-order chi connectivity index (χ0) is 12.1.